The van der Waals surface area contributed by atoms with E-state index in [4.69, 9.17) is 16.4 Å². The maximum absolute atomic E-state index is 13.8. The van der Waals surface area contributed by atoms with Crippen LogP contribution >= 0.6 is 11.6 Å². The molecule has 0 saturated heterocycles. The molecule has 2 N–H and O–H groups in total. The third kappa shape index (κ3) is 5.84. The Kier molecular flexibility index (Phi) is 7.59. The molecule has 206 valence electrons. The van der Waals surface area contributed by atoms with Crippen LogP contribution in [0, 0.1) is 29.3 Å². The fourth-order valence-corrected chi connectivity index (χ4v) is 8.15. The largest absolute Gasteiger partial charge is 0.390 e. The van der Waals surface area contributed by atoms with Crippen LogP contribution in [0.25, 0.3) is 0 Å². The predicted octanol–water partition coefficient (Wildman–Crippen LogP) is 5.50. The highest BCUT2D eigenvalue weighted by Crippen LogP contribution is 2.51. The first-order valence-electron chi connectivity index (χ1n) is 12.0. The molecule has 0 aromatic heterocycles. The molecule has 2 saturated carbocycles. The summed E-state index contributed by atoms with van der Waals surface area (Å²) in [5.74, 6) is -6.25. The van der Waals surface area contributed by atoms with Crippen molar-refractivity contribution >= 4 is 39.2 Å². The number of sulfone groups is 1. The Balaban J connectivity index is 1.57. The van der Waals surface area contributed by atoms with Gasteiger partial charge in [0.25, 0.3) is 5.91 Å². The molecule has 7 nitrogen and oxygen atoms in total. The number of nitrogens with one attached hydrogen (secondary N) is 1. The van der Waals surface area contributed by atoms with Crippen molar-refractivity contribution in [2.75, 3.05) is 5.32 Å². The number of benzene rings is 2. The zero-order chi connectivity index (χ0) is 28.0. The number of nitrogens with zero attached hydrogens (tertiary/aromatic N) is 1. The molecule has 2 aromatic rings. The molecule has 0 spiro atoms. The van der Waals surface area contributed by atoms with Crippen molar-refractivity contribution < 1.29 is 36.3 Å². The summed E-state index contributed by atoms with van der Waals surface area (Å²) in [6.45, 7) is 5.45. The molecule has 2 aliphatic rings. The highest BCUT2D eigenvalue weighted by molar-refractivity contribution is 7.92. The molecule has 2 aliphatic carbocycles. The highest BCUT2D eigenvalue weighted by Gasteiger charge is 2.54. The van der Waals surface area contributed by atoms with E-state index in [2.05, 4.69) is 10.5 Å². The summed E-state index contributed by atoms with van der Waals surface area (Å²) in [6, 6.07) is 4.86. The Bertz CT molecular complexity index is 1360. The van der Waals surface area contributed by atoms with Crippen LogP contribution in [0.3, 0.4) is 0 Å². The molecule has 2 bridgehead atoms. The summed E-state index contributed by atoms with van der Waals surface area (Å²) < 4.78 is 67.9. The number of oxime groups is 1. The van der Waals surface area contributed by atoms with Crippen LogP contribution in [-0.2, 0) is 14.7 Å². The molecule has 0 radical (unpaired) electrons. The van der Waals surface area contributed by atoms with Gasteiger partial charge in [-0.05, 0) is 76.5 Å². The number of anilines is 1. The van der Waals surface area contributed by atoms with Crippen molar-refractivity contribution in [3.05, 3.63) is 58.4 Å². The first-order chi connectivity index (χ1) is 17.6. The molecule has 38 heavy (non-hydrogen) atoms. The summed E-state index contributed by atoms with van der Waals surface area (Å²) in [5.41, 5.74) is -2.31. The third-order valence-electron chi connectivity index (χ3n) is 6.79. The van der Waals surface area contributed by atoms with Gasteiger partial charge in [-0.1, -0.05) is 16.8 Å². The van der Waals surface area contributed by atoms with E-state index in [1.165, 1.54) is 18.3 Å². The topological polar surface area (TPSA) is 105 Å². The van der Waals surface area contributed by atoms with Gasteiger partial charge in [-0.25, -0.2) is 21.6 Å². The molecule has 2 aromatic carbocycles. The predicted molar refractivity (Wildman–Crippen MR) is 136 cm³/mol. The van der Waals surface area contributed by atoms with Gasteiger partial charge < -0.3 is 15.3 Å². The molecule has 2 atom stereocenters. The van der Waals surface area contributed by atoms with Crippen LogP contribution < -0.4 is 5.32 Å². The Labute approximate surface area is 223 Å². The summed E-state index contributed by atoms with van der Waals surface area (Å²) in [5, 5.41) is 16.3. The van der Waals surface area contributed by atoms with Gasteiger partial charge >= 0.3 is 0 Å². The number of aliphatic hydroxyl groups is 1. The summed E-state index contributed by atoms with van der Waals surface area (Å²) in [6.07, 6.45) is 2.86. The molecule has 2 fully saturated rings. The first-order valence-corrected chi connectivity index (χ1v) is 14.0. The third-order valence-corrected chi connectivity index (χ3v) is 9.67. The van der Waals surface area contributed by atoms with Gasteiger partial charge in [0.05, 0.1) is 21.4 Å². The fraction of sp³-hybridized carbons (Fsp3) is 0.462. The molecule has 12 heteroatoms. The number of carbonyl (C=O) groups is 1. The van der Waals surface area contributed by atoms with E-state index in [-0.39, 0.29) is 45.8 Å². The second-order valence-electron chi connectivity index (χ2n) is 10.9. The van der Waals surface area contributed by atoms with Crippen molar-refractivity contribution in [1.29, 1.82) is 0 Å². The highest BCUT2D eigenvalue weighted by atomic mass is 35.5. The van der Waals surface area contributed by atoms with Gasteiger partial charge in [0, 0.05) is 23.4 Å². The van der Waals surface area contributed by atoms with Crippen molar-refractivity contribution in [3.8, 4) is 0 Å². The maximum atomic E-state index is 13.8. The van der Waals surface area contributed by atoms with E-state index in [0.717, 1.165) is 6.07 Å². The van der Waals surface area contributed by atoms with Crippen LogP contribution in [0.4, 0.5) is 18.9 Å². The lowest BCUT2D eigenvalue weighted by Crippen LogP contribution is -2.47. The molecule has 0 heterocycles. The number of hydrogen-bond donors (Lipinski definition) is 2. The van der Waals surface area contributed by atoms with Gasteiger partial charge in [0.2, 0.25) is 0 Å². The van der Waals surface area contributed by atoms with E-state index >= 15 is 0 Å². The molecule has 1 amide bonds. The van der Waals surface area contributed by atoms with E-state index in [1.54, 1.807) is 0 Å². The lowest BCUT2D eigenvalue weighted by atomic mass is 9.78. The minimum atomic E-state index is -4.04. The molecule has 4 rings (SSSR count). The Morgan fingerprint density at radius 1 is 1.13 bits per heavy atom. The average molecular weight is 573 g/mol. The van der Waals surface area contributed by atoms with Crippen molar-refractivity contribution in [1.82, 2.24) is 0 Å². The van der Waals surface area contributed by atoms with Crippen LogP contribution in [-0.4, -0.2) is 42.1 Å². The van der Waals surface area contributed by atoms with Crippen molar-refractivity contribution in [3.63, 3.8) is 0 Å². The number of rotatable bonds is 6. The Hall–Kier alpha value is -2.63. The number of carbonyl (C=O) groups excluding carboxylic acids is 1. The normalized spacial score (nSPS) is 25.5. The lowest BCUT2D eigenvalue weighted by Gasteiger charge is -2.38. The maximum Gasteiger partial charge on any atom is 0.255 e. The molecular formula is C26H28ClF3N2O5S. The van der Waals surface area contributed by atoms with Crippen LogP contribution in [0.5, 0.6) is 0 Å². The summed E-state index contributed by atoms with van der Waals surface area (Å²) in [4.78, 5) is 17.8. The number of fused-ring (bicyclic) bond motifs is 2. The smallest absolute Gasteiger partial charge is 0.255 e. The monoisotopic (exact) mass is 572 g/mol. The number of amides is 1. The lowest BCUT2D eigenvalue weighted by molar-refractivity contribution is -0.00664. The van der Waals surface area contributed by atoms with Crippen molar-refractivity contribution in [2.24, 2.45) is 17.0 Å². The minimum absolute atomic E-state index is 0.0826. The SMILES string of the molecule is CC(C)(C)O/N=C/C1(O)CC2CCC(C1)C2S(=O)(=O)c1cc(C(=O)Nc2cc(F)c(F)c(F)c2)ccc1Cl. The van der Waals surface area contributed by atoms with Gasteiger partial charge in [0.15, 0.2) is 27.3 Å². The van der Waals surface area contributed by atoms with E-state index < -0.39 is 49.6 Å². The quantitative estimate of drug-likeness (QED) is 0.270. The number of halogens is 4. The minimum Gasteiger partial charge on any atom is -0.390 e. The van der Waals surface area contributed by atoms with Crippen LogP contribution in [0.1, 0.15) is 56.8 Å². The van der Waals surface area contributed by atoms with Gasteiger partial charge in [-0.15, -0.1) is 0 Å². The van der Waals surface area contributed by atoms with Gasteiger partial charge in [-0.2, -0.15) is 0 Å². The summed E-state index contributed by atoms with van der Waals surface area (Å²) >= 11 is 6.27. The van der Waals surface area contributed by atoms with Crippen LogP contribution in [0.2, 0.25) is 5.02 Å². The first kappa shape index (κ1) is 28.4. The Morgan fingerprint density at radius 3 is 2.26 bits per heavy atom. The van der Waals surface area contributed by atoms with E-state index in [1.807, 2.05) is 20.8 Å². The fourth-order valence-electron chi connectivity index (χ4n) is 5.30. The standard InChI is InChI=1S/C26H28ClF3N2O5S/c1-25(2,3)37-31-13-26(34)11-15-4-5-16(12-26)23(15)38(35,36)21-8-14(6-7-18(21)27)24(33)32-17-9-19(28)22(30)20(29)10-17/h6-10,13,15-16,23,34H,4-5,11-12H2,1-3H3,(H,32,33)/b31-13+. The van der Waals surface area contributed by atoms with E-state index in [0.29, 0.717) is 25.0 Å². The molecule has 0 aliphatic heterocycles. The second kappa shape index (κ2) is 10.2. The number of hydrogen-bond acceptors (Lipinski definition) is 6. The van der Waals surface area contributed by atoms with E-state index in [9.17, 15) is 31.5 Å². The molecule has 2 unspecified atom stereocenters. The summed E-state index contributed by atoms with van der Waals surface area (Å²) in [7, 11) is -4.04. The van der Waals surface area contributed by atoms with Gasteiger partial charge in [0.1, 0.15) is 11.2 Å². The zero-order valence-electron chi connectivity index (χ0n) is 21.0. The zero-order valence-corrected chi connectivity index (χ0v) is 22.5. The average Bonchev–Trinajstić information content (AvgIpc) is 3.10. The molecular weight excluding hydrogens is 545 g/mol. The Morgan fingerprint density at radius 2 is 1.71 bits per heavy atom. The van der Waals surface area contributed by atoms with Gasteiger partial charge in [-0.3, -0.25) is 4.79 Å². The second-order valence-corrected chi connectivity index (χ2v) is 13.4. The van der Waals surface area contributed by atoms with Crippen LogP contribution in [0.15, 0.2) is 40.4 Å². The van der Waals surface area contributed by atoms with Crippen molar-refractivity contribution in [2.45, 2.75) is 67.8 Å².